The number of anilines is 1. The second kappa shape index (κ2) is 6.09. The van der Waals surface area contributed by atoms with Crippen LogP contribution in [-0.4, -0.2) is 34.8 Å². The Hall–Kier alpha value is -2.15. The van der Waals surface area contributed by atoms with Crippen LogP contribution in [0.4, 0.5) is 5.13 Å². The normalized spacial score (nSPS) is 18.5. The first-order valence-electron chi connectivity index (χ1n) is 6.76. The lowest BCUT2D eigenvalue weighted by Gasteiger charge is -2.31. The molecule has 2 aromatic rings. The van der Waals surface area contributed by atoms with Crippen LogP contribution in [0.5, 0.6) is 0 Å². The van der Waals surface area contributed by atoms with E-state index < -0.39 is 0 Å². The Balaban J connectivity index is 1.63. The molecule has 1 atom stereocenters. The molecule has 2 aromatic heterocycles. The van der Waals surface area contributed by atoms with Gasteiger partial charge in [-0.25, -0.2) is 4.98 Å². The zero-order chi connectivity index (χ0) is 14.7. The van der Waals surface area contributed by atoms with Crippen molar-refractivity contribution in [2.75, 3.05) is 18.4 Å². The van der Waals surface area contributed by atoms with Crippen LogP contribution in [0.2, 0.25) is 0 Å². The van der Waals surface area contributed by atoms with E-state index in [1.54, 1.807) is 17.2 Å². The van der Waals surface area contributed by atoms with Crippen molar-refractivity contribution in [3.63, 3.8) is 0 Å². The van der Waals surface area contributed by atoms with Crippen LogP contribution >= 0.6 is 11.3 Å². The number of hydrogen-bond donors (Lipinski definition) is 1. The Morgan fingerprint density at radius 1 is 1.48 bits per heavy atom. The third kappa shape index (κ3) is 3.13. The van der Waals surface area contributed by atoms with Gasteiger partial charge in [0, 0.05) is 24.7 Å². The number of rotatable bonds is 3. The topological polar surface area (TPSA) is 75.4 Å². The van der Waals surface area contributed by atoms with Gasteiger partial charge in [0.2, 0.25) is 5.91 Å². The number of aromatic nitrogens is 1. The van der Waals surface area contributed by atoms with Crippen LogP contribution in [-0.2, 0) is 4.79 Å². The molecule has 1 aliphatic rings. The molecule has 3 rings (SSSR count). The number of piperidine rings is 1. The number of hydrogen-bond acceptors (Lipinski definition) is 5. The number of likely N-dealkylation sites (tertiary alicyclic amines) is 1. The highest BCUT2D eigenvalue weighted by atomic mass is 32.1. The number of carbonyl (C=O) groups is 2. The van der Waals surface area contributed by atoms with E-state index in [0.29, 0.717) is 23.8 Å². The van der Waals surface area contributed by atoms with Gasteiger partial charge in [-0.3, -0.25) is 9.59 Å². The van der Waals surface area contributed by atoms with Crippen molar-refractivity contribution < 1.29 is 14.0 Å². The molecule has 7 heteroatoms. The van der Waals surface area contributed by atoms with E-state index in [-0.39, 0.29) is 17.7 Å². The smallest absolute Gasteiger partial charge is 0.257 e. The quantitative estimate of drug-likeness (QED) is 0.943. The first kappa shape index (κ1) is 13.8. The Morgan fingerprint density at radius 2 is 2.38 bits per heavy atom. The molecule has 0 aromatic carbocycles. The SMILES string of the molecule is O=C(Nc1nccs1)[C@H]1CCCN(C(=O)c2ccoc2)C1. The minimum Gasteiger partial charge on any atom is -0.472 e. The standard InChI is InChI=1S/C14H15N3O3S/c18-12(16-14-15-4-7-21-14)10-2-1-5-17(8-10)13(19)11-3-6-20-9-11/h3-4,6-7,9-10H,1-2,5,8H2,(H,15,16,18)/t10-/m0/s1. The highest BCUT2D eigenvalue weighted by Gasteiger charge is 2.29. The maximum absolute atomic E-state index is 12.3. The molecule has 0 radical (unpaired) electrons. The average molecular weight is 305 g/mol. The highest BCUT2D eigenvalue weighted by molar-refractivity contribution is 7.13. The second-order valence-corrected chi connectivity index (χ2v) is 5.82. The Morgan fingerprint density at radius 3 is 3.10 bits per heavy atom. The van der Waals surface area contributed by atoms with E-state index in [2.05, 4.69) is 10.3 Å². The van der Waals surface area contributed by atoms with Gasteiger partial charge < -0.3 is 14.6 Å². The largest absolute Gasteiger partial charge is 0.472 e. The molecule has 1 aliphatic heterocycles. The molecule has 0 aliphatic carbocycles. The van der Waals surface area contributed by atoms with Crippen LogP contribution in [0, 0.1) is 5.92 Å². The van der Waals surface area contributed by atoms with Crippen LogP contribution in [0.25, 0.3) is 0 Å². The van der Waals surface area contributed by atoms with Gasteiger partial charge in [-0.15, -0.1) is 11.3 Å². The summed E-state index contributed by atoms with van der Waals surface area (Å²) in [6.45, 7) is 1.10. The van der Waals surface area contributed by atoms with Crippen LogP contribution in [0.3, 0.4) is 0 Å². The first-order valence-corrected chi connectivity index (χ1v) is 7.64. The monoisotopic (exact) mass is 305 g/mol. The van der Waals surface area contributed by atoms with E-state index >= 15 is 0 Å². The molecular formula is C14H15N3O3S. The summed E-state index contributed by atoms with van der Waals surface area (Å²) < 4.78 is 4.94. The summed E-state index contributed by atoms with van der Waals surface area (Å²) in [4.78, 5) is 30.2. The van der Waals surface area contributed by atoms with Crippen molar-refractivity contribution in [1.82, 2.24) is 9.88 Å². The van der Waals surface area contributed by atoms with E-state index in [4.69, 9.17) is 4.42 Å². The average Bonchev–Trinajstić information content (AvgIpc) is 3.20. The highest BCUT2D eigenvalue weighted by Crippen LogP contribution is 2.21. The van der Waals surface area contributed by atoms with Crippen molar-refractivity contribution in [3.05, 3.63) is 35.7 Å². The van der Waals surface area contributed by atoms with Gasteiger partial charge in [0.25, 0.3) is 5.91 Å². The maximum Gasteiger partial charge on any atom is 0.257 e. The fraction of sp³-hybridized carbons (Fsp3) is 0.357. The maximum atomic E-state index is 12.3. The van der Waals surface area contributed by atoms with Crippen molar-refractivity contribution in [2.24, 2.45) is 5.92 Å². The molecule has 1 saturated heterocycles. The van der Waals surface area contributed by atoms with Crippen molar-refractivity contribution in [1.29, 1.82) is 0 Å². The summed E-state index contributed by atoms with van der Waals surface area (Å²) in [5, 5.41) is 5.20. The van der Waals surface area contributed by atoms with Crippen molar-refractivity contribution >= 4 is 28.3 Å². The molecule has 2 amide bonds. The van der Waals surface area contributed by atoms with Gasteiger partial charge in [0.15, 0.2) is 5.13 Å². The van der Waals surface area contributed by atoms with E-state index in [0.717, 1.165) is 12.8 Å². The van der Waals surface area contributed by atoms with E-state index in [9.17, 15) is 9.59 Å². The number of amides is 2. The summed E-state index contributed by atoms with van der Waals surface area (Å²) in [7, 11) is 0. The zero-order valence-corrected chi connectivity index (χ0v) is 12.1. The zero-order valence-electron chi connectivity index (χ0n) is 11.3. The van der Waals surface area contributed by atoms with E-state index in [1.165, 1.54) is 23.9 Å². The lowest BCUT2D eigenvalue weighted by Crippen LogP contribution is -2.43. The lowest BCUT2D eigenvalue weighted by molar-refractivity contribution is -0.121. The fourth-order valence-electron chi connectivity index (χ4n) is 2.44. The van der Waals surface area contributed by atoms with Gasteiger partial charge in [0.1, 0.15) is 6.26 Å². The fourth-order valence-corrected chi connectivity index (χ4v) is 2.97. The molecule has 21 heavy (non-hydrogen) atoms. The molecule has 0 spiro atoms. The number of nitrogens with one attached hydrogen (secondary N) is 1. The van der Waals surface area contributed by atoms with Crippen LogP contribution in [0.15, 0.2) is 34.6 Å². The minimum atomic E-state index is -0.196. The first-order chi connectivity index (χ1) is 10.2. The second-order valence-electron chi connectivity index (χ2n) is 4.93. The molecule has 3 heterocycles. The van der Waals surface area contributed by atoms with Gasteiger partial charge in [-0.05, 0) is 18.9 Å². The predicted octanol–water partition coefficient (Wildman–Crippen LogP) is 2.23. The summed E-state index contributed by atoms with van der Waals surface area (Å²) in [5.41, 5.74) is 0.524. The van der Waals surface area contributed by atoms with Gasteiger partial charge in [0.05, 0.1) is 17.7 Å². The number of furan rings is 1. The predicted molar refractivity (Wildman–Crippen MR) is 78.1 cm³/mol. The van der Waals surface area contributed by atoms with Gasteiger partial charge in [-0.2, -0.15) is 0 Å². The Kier molecular flexibility index (Phi) is 4.01. The van der Waals surface area contributed by atoms with Crippen LogP contribution < -0.4 is 5.32 Å². The van der Waals surface area contributed by atoms with Gasteiger partial charge >= 0.3 is 0 Å². The van der Waals surface area contributed by atoms with Gasteiger partial charge in [-0.1, -0.05) is 0 Å². The summed E-state index contributed by atoms with van der Waals surface area (Å²) in [6, 6.07) is 1.64. The summed E-state index contributed by atoms with van der Waals surface area (Å²) in [5.74, 6) is -0.358. The molecule has 0 unspecified atom stereocenters. The summed E-state index contributed by atoms with van der Waals surface area (Å²) >= 11 is 1.38. The lowest BCUT2D eigenvalue weighted by atomic mass is 9.97. The van der Waals surface area contributed by atoms with E-state index in [1.807, 2.05) is 5.38 Å². The minimum absolute atomic E-state index is 0.0744. The Bertz CT molecular complexity index is 609. The number of nitrogens with zero attached hydrogens (tertiary/aromatic N) is 2. The van der Waals surface area contributed by atoms with Crippen LogP contribution in [0.1, 0.15) is 23.2 Å². The molecule has 110 valence electrons. The third-order valence-electron chi connectivity index (χ3n) is 3.51. The van der Waals surface area contributed by atoms with Crippen molar-refractivity contribution in [2.45, 2.75) is 12.8 Å². The number of thiazole rings is 1. The molecule has 0 saturated carbocycles. The molecular weight excluding hydrogens is 290 g/mol. The number of carbonyl (C=O) groups excluding carboxylic acids is 2. The molecule has 0 bridgehead atoms. The third-order valence-corrected chi connectivity index (χ3v) is 4.20. The summed E-state index contributed by atoms with van der Waals surface area (Å²) in [6.07, 6.45) is 6.16. The van der Waals surface area contributed by atoms with Crippen molar-refractivity contribution in [3.8, 4) is 0 Å². The molecule has 1 N–H and O–H groups in total. The molecule has 6 nitrogen and oxygen atoms in total. The Labute approximate surface area is 125 Å². The molecule has 1 fully saturated rings.